The zero-order valence-electron chi connectivity index (χ0n) is 33.6. The van der Waals surface area contributed by atoms with E-state index in [1.807, 2.05) is 105 Å². The topological polar surface area (TPSA) is 226 Å². The van der Waals surface area contributed by atoms with Gasteiger partial charge in [-0.2, -0.15) is 5.26 Å². The Bertz CT molecular complexity index is 2200. The first-order valence-corrected chi connectivity index (χ1v) is 19.7. The highest BCUT2D eigenvalue weighted by atomic mass is 32.2. The molecule has 8 rings (SSSR count). The lowest BCUT2D eigenvalue weighted by atomic mass is 10.3. The number of nitriles is 1. The van der Waals surface area contributed by atoms with Crippen LogP contribution in [0, 0.1) is 23.7 Å². The van der Waals surface area contributed by atoms with Crippen LogP contribution in [-0.2, 0) is 49.3 Å². The molecule has 0 unspecified atom stereocenters. The van der Waals surface area contributed by atoms with Crippen LogP contribution in [0.2, 0.25) is 0 Å². The highest BCUT2D eigenvalue weighted by Gasteiger charge is 2.04. The Morgan fingerprint density at radius 3 is 1.67 bits per heavy atom. The number of hydrogen-bond donors (Lipinski definition) is 0. The van der Waals surface area contributed by atoms with E-state index in [1.54, 1.807) is 111 Å². The molecule has 7 heterocycles. The summed E-state index contributed by atoms with van der Waals surface area (Å²) >= 11 is 4.84. The number of hydrogen-bond acceptors (Lipinski definition) is 17. The molecule has 0 saturated heterocycles. The van der Waals surface area contributed by atoms with Gasteiger partial charge in [0.1, 0.15) is 37.1 Å². The monoisotopic (exact) mass is 875 g/mol. The molecule has 8 aromatic rings. The predicted molar refractivity (Wildman–Crippen MR) is 234 cm³/mol. The molecule has 0 saturated carbocycles. The summed E-state index contributed by atoms with van der Waals surface area (Å²) in [5.41, 5.74) is 0.840. The fourth-order valence-electron chi connectivity index (χ4n) is 3.40. The highest BCUT2D eigenvalue weighted by Crippen LogP contribution is 2.23. The molecule has 320 valence electrons. The Balaban J connectivity index is 0.000000685. The van der Waals surface area contributed by atoms with Crippen LogP contribution in [-0.4, -0.2) is 111 Å². The molecule has 24 heteroatoms. The first kappa shape index (κ1) is 53.4. The summed E-state index contributed by atoms with van der Waals surface area (Å²) in [7, 11) is 13.1. The Kier molecular flexibility index (Phi) is 27.9. The molecular weight excluding hydrogens is 823 g/mol. The summed E-state index contributed by atoms with van der Waals surface area (Å²) in [4.78, 5) is 8.73. The maximum atomic E-state index is 8.51. The average Bonchev–Trinajstić information content (AvgIpc) is 4.09. The smallest absolute Gasteiger partial charge is 0.213 e. The van der Waals surface area contributed by atoms with Crippen molar-refractivity contribution in [3.05, 3.63) is 104 Å². The SMILES string of the molecule is C.C.C#Cc1ncn(C)c1C#N.CCSc1nncn1C.CSc1nncn1C.Cn1ccnc1.Cn1ccnn1.Cn1cnnc1.Cn1nnnc1Sc1ccccc1. The van der Waals surface area contributed by atoms with Crippen LogP contribution < -0.4 is 0 Å². The first-order valence-electron chi connectivity index (χ1n) is 16.7. The molecule has 0 fully saturated rings. The van der Waals surface area contributed by atoms with Gasteiger partial charge in [0.2, 0.25) is 5.16 Å². The van der Waals surface area contributed by atoms with E-state index in [4.69, 9.17) is 11.7 Å². The van der Waals surface area contributed by atoms with Gasteiger partial charge in [0.15, 0.2) is 16.0 Å². The van der Waals surface area contributed by atoms with E-state index in [9.17, 15) is 0 Å². The maximum absolute atomic E-state index is 8.51. The molecule has 0 aliphatic rings. The third-order valence-corrected chi connectivity index (χ3v) is 8.91. The van der Waals surface area contributed by atoms with E-state index in [1.165, 1.54) is 6.33 Å². The number of aromatic nitrogens is 20. The third-order valence-electron chi connectivity index (χ3n) is 6.22. The minimum Gasteiger partial charge on any atom is -0.341 e. The van der Waals surface area contributed by atoms with Gasteiger partial charge in [-0.15, -0.1) is 47.2 Å². The van der Waals surface area contributed by atoms with E-state index in [0.29, 0.717) is 11.4 Å². The van der Waals surface area contributed by atoms with Gasteiger partial charge in [-0.3, -0.25) is 4.68 Å². The maximum Gasteiger partial charge on any atom is 0.213 e. The van der Waals surface area contributed by atoms with Crippen LogP contribution in [0.4, 0.5) is 0 Å². The van der Waals surface area contributed by atoms with Gasteiger partial charge >= 0.3 is 0 Å². The van der Waals surface area contributed by atoms with Crippen LogP contribution >= 0.6 is 35.3 Å². The van der Waals surface area contributed by atoms with E-state index in [0.717, 1.165) is 26.1 Å². The standard InChI is InChI=1S/C8H8N4S.C7H5N3.C5H9N3S.C4H7N3S.C4H6N2.2C3H5N3.2CH4/c1-12-8(9-10-11-12)13-7-5-3-2-4-6-7;1-3-6-7(4-8)10(2)5-9-6;1-3-9-5-7-6-4-8(5)2;1-7-3-5-6-4(7)8-2;1-6-3-2-5-4-6;1-6-2-4-5-3-6;1-6-3-2-4-5-6;;/h2-6H,1H3;1,5H,2H3;4H,3H2,1-2H3;3H,1-2H3;2-4H,1H3;2*2-3H,1H3;2*1H4. The number of aryl methyl sites for hydroxylation is 7. The average molecular weight is 876 g/mol. The summed E-state index contributed by atoms with van der Waals surface area (Å²) in [6.07, 6.45) is 24.0. The number of tetrazole rings is 1. The van der Waals surface area contributed by atoms with Crippen molar-refractivity contribution in [2.24, 2.45) is 49.3 Å². The molecule has 0 bridgehead atoms. The minimum absolute atomic E-state index is 0. The second-order valence-corrected chi connectivity index (χ2v) is 13.9. The largest absolute Gasteiger partial charge is 0.341 e. The Hall–Kier alpha value is -6.63. The van der Waals surface area contributed by atoms with Gasteiger partial charge < -0.3 is 22.8 Å². The summed E-state index contributed by atoms with van der Waals surface area (Å²) in [6, 6.07) is 12.0. The Morgan fingerprint density at radius 2 is 1.33 bits per heavy atom. The molecule has 0 aliphatic carbocycles. The van der Waals surface area contributed by atoms with Crippen LogP contribution in [0.5, 0.6) is 0 Å². The summed E-state index contributed by atoms with van der Waals surface area (Å²) in [5, 5.41) is 51.7. The van der Waals surface area contributed by atoms with E-state index in [2.05, 4.69) is 79.2 Å². The first-order chi connectivity index (χ1) is 28.0. The van der Waals surface area contributed by atoms with E-state index < -0.39 is 0 Å². The van der Waals surface area contributed by atoms with Crippen LogP contribution in [0.25, 0.3) is 0 Å². The van der Waals surface area contributed by atoms with Crippen molar-refractivity contribution in [2.45, 2.75) is 42.1 Å². The Morgan fingerprint density at radius 1 is 0.683 bits per heavy atom. The Labute approximate surface area is 364 Å². The van der Waals surface area contributed by atoms with E-state index >= 15 is 0 Å². The van der Waals surface area contributed by atoms with Crippen molar-refractivity contribution < 1.29 is 0 Å². The molecule has 0 spiro atoms. The molecule has 21 nitrogen and oxygen atoms in total. The lowest BCUT2D eigenvalue weighted by molar-refractivity contribution is 0.664. The van der Waals surface area contributed by atoms with Gasteiger partial charge in [-0.1, -0.05) is 68.7 Å². The van der Waals surface area contributed by atoms with Crippen LogP contribution in [0.15, 0.2) is 113 Å². The van der Waals surface area contributed by atoms with Crippen LogP contribution in [0.3, 0.4) is 0 Å². The molecular formula is C36H53N21S3. The second kappa shape index (κ2) is 31.4. The number of rotatable bonds is 5. The van der Waals surface area contributed by atoms with Gasteiger partial charge in [0.25, 0.3) is 0 Å². The summed E-state index contributed by atoms with van der Waals surface area (Å²) < 4.78 is 12.3. The number of nitrogens with zero attached hydrogens (tertiary/aromatic N) is 21. The fraction of sp³-hybridized carbons (Fsp3) is 0.333. The summed E-state index contributed by atoms with van der Waals surface area (Å²) in [6.45, 7) is 2.10. The van der Waals surface area contributed by atoms with Gasteiger partial charge in [0, 0.05) is 72.8 Å². The number of thioether (sulfide) groups is 2. The van der Waals surface area contributed by atoms with Crippen molar-refractivity contribution in [3.8, 4) is 18.4 Å². The van der Waals surface area contributed by atoms with Crippen molar-refractivity contribution in [2.75, 3.05) is 12.0 Å². The molecule has 0 amide bonds. The van der Waals surface area contributed by atoms with Crippen molar-refractivity contribution >= 4 is 35.3 Å². The molecule has 0 radical (unpaired) electrons. The highest BCUT2D eigenvalue weighted by molar-refractivity contribution is 7.99. The number of benzene rings is 1. The zero-order valence-corrected chi connectivity index (χ0v) is 36.0. The molecule has 0 aliphatic heterocycles. The third kappa shape index (κ3) is 21.2. The van der Waals surface area contributed by atoms with Gasteiger partial charge in [-0.25, -0.2) is 14.6 Å². The molecule has 0 atom stereocenters. The summed E-state index contributed by atoms with van der Waals surface area (Å²) in [5.74, 6) is 3.36. The lowest BCUT2D eigenvalue weighted by Gasteiger charge is -1.97. The quantitative estimate of drug-likeness (QED) is 0.172. The van der Waals surface area contributed by atoms with Gasteiger partial charge in [-0.05, 0) is 52.3 Å². The molecule has 7 aromatic heterocycles. The number of terminal acetylenes is 1. The normalized spacial score (nSPS) is 9.05. The number of imidazole rings is 2. The van der Waals surface area contributed by atoms with Crippen LogP contribution in [0.1, 0.15) is 33.2 Å². The predicted octanol–water partition coefficient (Wildman–Crippen LogP) is 4.42. The molecule has 0 N–H and O–H groups in total. The van der Waals surface area contributed by atoms with Crippen molar-refractivity contribution in [1.82, 2.24) is 98.6 Å². The van der Waals surface area contributed by atoms with E-state index in [-0.39, 0.29) is 14.9 Å². The van der Waals surface area contributed by atoms with Crippen molar-refractivity contribution in [3.63, 3.8) is 0 Å². The molecule has 1 aromatic carbocycles. The lowest BCUT2D eigenvalue weighted by Crippen LogP contribution is -1.92. The minimum atomic E-state index is 0. The fourth-order valence-corrected chi connectivity index (χ4v) is 5.23. The van der Waals surface area contributed by atoms with Crippen molar-refractivity contribution in [1.29, 1.82) is 5.26 Å². The molecule has 60 heavy (non-hydrogen) atoms. The van der Waals surface area contributed by atoms with Gasteiger partial charge in [0.05, 0.1) is 18.9 Å². The zero-order chi connectivity index (χ0) is 42.5. The second-order valence-electron chi connectivity index (χ2n) is 10.8.